The Morgan fingerprint density at radius 2 is 1.90 bits per heavy atom. The van der Waals surface area contributed by atoms with Crippen molar-refractivity contribution in [1.29, 1.82) is 0 Å². The Hall–Kier alpha value is -1.04. The number of hydrogen-bond acceptors (Lipinski definition) is 2. The maximum Gasteiger partial charge on any atom is 0.161 e. The number of hydrogen-bond donors (Lipinski definition) is 1. The molecule has 0 amide bonds. The van der Waals surface area contributed by atoms with Crippen LogP contribution in [-0.2, 0) is 0 Å². The molecule has 0 aliphatic carbocycles. The summed E-state index contributed by atoms with van der Waals surface area (Å²) in [6.07, 6.45) is 0.824. The fourth-order valence-corrected chi connectivity index (χ4v) is 3.16. The molecule has 0 aliphatic rings. The van der Waals surface area contributed by atoms with Gasteiger partial charge in [0, 0.05) is 16.5 Å². The van der Waals surface area contributed by atoms with E-state index in [1.165, 1.54) is 11.3 Å². The first kappa shape index (κ1) is 15.4. The third kappa shape index (κ3) is 3.16. The average molecular weight is 320 g/mol. The minimum absolute atomic E-state index is 0.0571. The van der Waals surface area contributed by atoms with Crippen molar-refractivity contribution in [3.05, 3.63) is 56.5 Å². The van der Waals surface area contributed by atoms with Crippen LogP contribution < -0.4 is 5.32 Å². The molecule has 20 heavy (non-hydrogen) atoms. The van der Waals surface area contributed by atoms with Crippen molar-refractivity contribution in [2.24, 2.45) is 0 Å². The summed E-state index contributed by atoms with van der Waals surface area (Å²) < 4.78 is 40.4. The van der Waals surface area contributed by atoms with Gasteiger partial charge in [-0.15, -0.1) is 11.3 Å². The van der Waals surface area contributed by atoms with E-state index in [1.54, 1.807) is 11.4 Å². The number of thiophene rings is 1. The van der Waals surface area contributed by atoms with Crippen LogP contribution in [0.3, 0.4) is 0 Å². The van der Waals surface area contributed by atoms with Gasteiger partial charge in [0.2, 0.25) is 0 Å². The quantitative estimate of drug-likeness (QED) is 0.772. The summed E-state index contributed by atoms with van der Waals surface area (Å²) in [5.74, 6) is -3.06. The van der Waals surface area contributed by atoms with Gasteiger partial charge >= 0.3 is 0 Å². The van der Waals surface area contributed by atoms with Crippen LogP contribution in [0.2, 0.25) is 5.02 Å². The molecule has 1 heterocycles. The fraction of sp³-hybridized carbons (Fsp3) is 0.286. The van der Waals surface area contributed by atoms with Crippen LogP contribution in [0.4, 0.5) is 13.2 Å². The van der Waals surface area contributed by atoms with Crippen LogP contribution in [-0.4, -0.2) is 6.54 Å². The van der Waals surface area contributed by atoms with Crippen LogP contribution >= 0.6 is 22.9 Å². The van der Waals surface area contributed by atoms with Gasteiger partial charge in [0.25, 0.3) is 0 Å². The molecule has 1 N–H and O–H groups in total. The molecule has 1 unspecified atom stereocenters. The van der Waals surface area contributed by atoms with Gasteiger partial charge in [0.1, 0.15) is 5.82 Å². The van der Waals surface area contributed by atoms with E-state index in [1.807, 2.05) is 6.92 Å². The Balaban J connectivity index is 2.46. The highest BCUT2D eigenvalue weighted by atomic mass is 35.5. The summed E-state index contributed by atoms with van der Waals surface area (Å²) in [7, 11) is 0. The maximum atomic E-state index is 13.9. The molecule has 1 aromatic carbocycles. The van der Waals surface area contributed by atoms with Gasteiger partial charge < -0.3 is 5.32 Å². The van der Waals surface area contributed by atoms with Crippen LogP contribution in [0.5, 0.6) is 0 Å². The lowest BCUT2D eigenvalue weighted by atomic mass is 10.0. The zero-order chi connectivity index (χ0) is 14.7. The van der Waals surface area contributed by atoms with E-state index in [4.69, 9.17) is 11.6 Å². The summed E-state index contributed by atoms with van der Waals surface area (Å²) in [6.45, 7) is 2.57. The van der Waals surface area contributed by atoms with Gasteiger partial charge in [-0.2, -0.15) is 0 Å². The summed E-state index contributed by atoms with van der Waals surface area (Å²) in [5.41, 5.74) is 0.0571. The van der Waals surface area contributed by atoms with Crippen LogP contribution in [0, 0.1) is 17.5 Å². The molecule has 108 valence electrons. The molecule has 6 heteroatoms. The van der Waals surface area contributed by atoms with Crippen LogP contribution in [0.15, 0.2) is 23.6 Å². The highest BCUT2D eigenvalue weighted by Gasteiger charge is 2.23. The van der Waals surface area contributed by atoms with E-state index >= 15 is 0 Å². The predicted octanol–water partition coefficient (Wildman–Crippen LogP) is 4.91. The third-order valence-corrected chi connectivity index (χ3v) is 4.28. The largest absolute Gasteiger partial charge is 0.305 e. The van der Waals surface area contributed by atoms with Gasteiger partial charge in [-0.3, -0.25) is 0 Å². The molecule has 2 aromatic rings. The van der Waals surface area contributed by atoms with E-state index in [0.717, 1.165) is 12.5 Å². The van der Waals surface area contributed by atoms with Crippen molar-refractivity contribution in [3.8, 4) is 0 Å². The molecule has 1 aromatic heterocycles. The molecule has 0 spiro atoms. The normalized spacial score (nSPS) is 12.7. The van der Waals surface area contributed by atoms with Crippen molar-refractivity contribution in [1.82, 2.24) is 5.32 Å². The monoisotopic (exact) mass is 319 g/mol. The van der Waals surface area contributed by atoms with Gasteiger partial charge in [-0.1, -0.05) is 18.5 Å². The highest BCUT2D eigenvalue weighted by molar-refractivity contribution is 7.10. The lowest BCUT2D eigenvalue weighted by Crippen LogP contribution is -2.24. The van der Waals surface area contributed by atoms with Gasteiger partial charge in [0.05, 0.1) is 11.1 Å². The van der Waals surface area contributed by atoms with Crippen molar-refractivity contribution in [3.63, 3.8) is 0 Å². The number of rotatable bonds is 5. The van der Waals surface area contributed by atoms with Crippen molar-refractivity contribution in [2.75, 3.05) is 6.54 Å². The fourth-order valence-electron chi connectivity index (χ4n) is 1.90. The zero-order valence-electron chi connectivity index (χ0n) is 10.7. The molecular formula is C14H13ClF3NS. The molecule has 2 rings (SSSR count). The Morgan fingerprint density at radius 1 is 1.20 bits per heavy atom. The van der Waals surface area contributed by atoms with E-state index in [2.05, 4.69) is 5.32 Å². The minimum atomic E-state index is -1.20. The first-order chi connectivity index (χ1) is 9.54. The first-order valence-corrected chi connectivity index (χ1v) is 7.41. The molecule has 1 nitrogen and oxygen atoms in total. The van der Waals surface area contributed by atoms with E-state index in [-0.39, 0.29) is 5.56 Å². The second kappa shape index (κ2) is 6.61. The molecule has 0 fully saturated rings. The van der Waals surface area contributed by atoms with Crippen molar-refractivity contribution in [2.45, 2.75) is 19.4 Å². The summed E-state index contributed by atoms with van der Waals surface area (Å²) in [6, 6.07) is 2.55. The summed E-state index contributed by atoms with van der Waals surface area (Å²) in [5, 5.41) is 5.37. The molecule has 0 saturated carbocycles. The van der Waals surface area contributed by atoms with E-state index in [9.17, 15) is 13.2 Å². The topological polar surface area (TPSA) is 12.0 Å². The predicted molar refractivity (Wildman–Crippen MR) is 75.8 cm³/mol. The van der Waals surface area contributed by atoms with E-state index < -0.39 is 23.5 Å². The first-order valence-electron chi connectivity index (χ1n) is 6.15. The Kier molecular flexibility index (Phi) is 5.07. The van der Waals surface area contributed by atoms with Crippen molar-refractivity contribution < 1.29 is 13.2 Å². The Bertz CT molecular complexity index is 600. The molecule has 0 bridgehead atoms. The second-order valence-corrected chi connectivity index (χ2v) is 5.66. The number of nitrogens with one attached hydrogen (secondary N) is 1. The van der Waals surface area contributed by atoms with Gasteiger partial charge in [0.15, 0.2) is 11.6 Å². The molecule has 0 radical (unpaired) electrons. The number of benzene rings is 1. The molecule has 0 aliphatic heterocycles. The van der Waals surface area contributed by atoms with E-state index in [0.29, 0.717) is 22.5 Å². The lowest BCUT2D eigenvalue weighted by Gasteiger charge is -2.19. The third-order valence-electron chi connectivity index (χ3n) is 2.86. The molecular weight excluding hydrogens is 307 g/mol. The summed E-state index contributed by atoms with van der Waals surface area (Å²) in [4.78, 5) is 0.685. The Morgan fingerprint density at radius 3 is 2.50 bits per heavy atom. The molecule has 0 saturated heterocycles. The SMILES string of the molecule is CCCNC(c1cc(F)c(F)cc1F)c1sccc1Cl. The Labute approximate surface area is 124 Å². The second-order valence-electron chi connectivity index (χ2n) is 4.31. The smallest absolute Gasteiger partial charge is 0.161 e. The van der Waals surface area contributed by atoms with Crippen molar-refractivity contribution >= 4 is 22.9 Å². The van der Waals surface area contributed by atoms with Crippen LogP contribution in [0.25, 0.3) is 0 Å². The summed E-state index contributed by atoms with van der Waals surface area (Å²) >= 11 is 7.41. The maximum absolute atomic E-state index is 13.9. The molecule has 1 atom stereocenters. The lowest BCUT2D eigenvalue weighted by molar-refractivity contribution is 0.480. The van der Waals surface area contributed by atoms with Gasteiger partial charge in [-0.05, 0) is 30.5 Å². The highest BCUT2D eigenvalue weighted by Crippen LogP contribution is 2.34. The number of halogens is 4. The van der Waals surface area contributed by atoms with Crippen LogP contribution in [0.1, 0.15) is 29.8 Å². The standard InChI is InChI=1S/C14H13ClF3NS/c1-2-4-19-13(14-9(15)3-5-20-14)8-6-11(17)12(18)7-10(8)16/h3,5-7,13,19H,2,4H2,1H3. The van der Waals surface area contributed by atoms with Gasteiger partial charge in [-0.25, -0.2) is 13.2 Å². The zero-order valence-corrected chi connectivity index (χ0v) is 12.3. The average Bonchev–Trinajstić information content (AvgIpc) is 2.82. The minimum Gasteiger partial charge on any atom is -0.305 e.